The Kier molecular flexibility index (Phi) is 5.81. The summed E-state index contributed by atoms with van der Waals surface area (Å²) in [5, 5.41) is 20.8. The number of hydrogen-bond donors (Lipinski definition) is 0. The molecule has 0 aliphatic heterocycles. The highest BCUT2D eigenvalue weighted by molar-refractivity contribution is 8.02. The average Bonchev–Trinajstić information content (AvgIpc) is 3.55. The van der Waals surface area contributed by atoms with Crippen LogP contribution in [0.25, 0.3) is 21.3 Å². The zero-order valence-corrected chi connectivity index (χ0v) is 18.8. The molecule has 5 heterocycles. The van der Waals surface area contributed by atoms with Crippen LogP contribution in [0.3, 0.4) is 0 Å². The molecule has 0 spiro atoms. The van der Waals surface area contributed by atoms with Gasteiger partial charge in [-0.2, -0.15) is 0 Å². The van der Waals surface area contributed by atoms with Crippen molar-refractivity contribution >= 4 is 57.5 Å². The molecule has 0 unspecified atom stereocenters. The van der Waals surface area contributed by atoms with Gasteiger partial charge in [0.15, 0.2) is 20.2 Å². The predicted octanol–water partition coefficient (Wildman–Crippen LogP) is 6.56. The van der Waals surface area contributed by atoms with E-state index in [9.17, 15) is 0 Å². The van der Waals surface area contributed by atoms with Crippen molar-refractivity contribution in [3.63, 3.8) is 0 Å². The summed E-state index contributed by atoms with van der Waals surface area (Å²) in [6, 6.07) is 12.0. The Morgan fingerprint density at radius 2 is 1.28 bits per heavy atom. The molecule has 0 aliphatic carbocycles. The summed E-state index contributed by atoms with van der Waals surface area (Å²) in [7, 11) is 0. The van der Waals surface area contributed by atoms with Gasteiger partial charge in [-0.25, -0.2) is 0 Å². The summed E-state index contributed by atoms with van der Waals surface area (Å²) < 4.78 is 12.6. The Labute approximate surface area is 186 Å². The van der Waals surface area contributed by atoms with Gasteiger partial charge in [0.05, 0.1) is 21.1 Å². The lowest BCUT2D eigenvalue weighted by Crippen LogP contribution is -1.79. The van der Waals surface area contributed by atoms with Gasteiger partial charge in [0.25, 0.3) is 0 Å². The maximum Gasteiger partial charge on any atom is 0.177 e. The minimum Gasteiger partial charge on any atom is -0.355 e. The van der Waals surface area contributed by atoms with E-state index in [2.05, 4.69) is 20.5 Å². The van der Waals surface area contributed by atoms with Crippen LogP contribution in [0, 0.1) is 0 Å². The fourth-order valence-corrected chi connectivity index (χ4v) is 6.54. The van der Waals surface area contributed by atoms with E-state index >= 15 is 0 Å². The molecule has 0 amide bonds. The molecule has 0 bridgehead atoms. The van der Waals surface area contributed by atoms with Gasteiger partial charge >= 0.3 is 0 Å². The summed E-state index contributed by atoms with van der Waals surface area (Å²) in [5.41, 5.74) is 1.79. The highest BCUT2D eigenvalue weighted by Gasteiger charge is 2.12. The monoisotopic (exact) mass is 476 g/mol. The van der Waals surface area contributed by atoms with E-state index in [0.29, 0.717) is 11.5 Å². The second-order valence-corrected chi connectivity index (χ2v) is 11.0. The molecular weight excluding hydrogens is 465 g/mol. The van der Waals surface area contributed by atoms with Crippen molar-refractivity contribution in [3.05, 3.63) is 58.5 Å². The Hall–Kier alpha value is -1.92. The number of hydrogen-bond acceptors (Lipinski definition) is 11. The van der Waals surface area contributed by atoms with Gasteiger partial charge in [-0.1, -0.05) is 57.3 Å². The quantitative estimate of drug-likeness (QED) is 0.233. The zero-order valence-electron chi connectivity index (χ0n) is 14.7. The third-order valence-corrected chi connectivity index (χ3v) is 8.75. The van der Waals surface area contributed by atoms with Crippen LogP contribution >= 0.6 is 57.5 Å². The van der Waals surface area contributed by atoms with E-state index in [1.54, 1.807) is 57.5 Å². The largest absolute Gasteiger partial charge is 0.355 e. The Morgan fingerprint density at radius 1 is 0.759 bits per heavy atom. The van der Waals surface area contributed by atoms with Gasteiger partial charge in [0.1, 0.15) is 0 Å². The zero-order chi connectivity index (χ0) is 19.5. The van der Waals surface area contributed by atoms with Crippen molar-refractivity contribution in [2.24, 2.45) is 0 Å². The topological polar surface area (TPSA) is 77.8 Å². The second kappa shape index (κ2) is 8.84. The fourth-order valence-electron chi connectivity index (χ4n) is 2.41. The second-order valence-electron chi connectivity index (χ2n) is 5.73. The highest BCUT2D eigenvalue weighted by atomic mass is 32.2. The molecule has 0 aromatic carbocycles. The average molecular weight is 477 g/mol. The van der Waals surface area contributed by atoms with Crippen LogP contribution in [0.1, 0.15) is 11.4 Å². The molecule has 11 heteroatoms. The number of thiophene rings is 2. The molecule has 6 nitrogen and oxygen atoms in total. The molecule has 0 saturated carbocycles. The van der Waals surface area contributed by atoms with Crippen LogP contribution in [0.5, 0.6) is 0 Å². The standard InChI is InChI=1S/C18H12N4O2S5/c1-3-15(25-5-1)13-7-11(21-23-13)9-27-17-19-20-18(29-17)28-10-12-8-14(24-22-12)16-4-2-6-26-16/h1-8H,9-10H2. The normalized spacial score (nSPS) is 11.3. The Morgan fingerprint density at radius 3 is 1.72 bits per heavy atom. The number of nitrogens with zero attached hydrogens (tertiary/aromatic N) is 4. The molecule has 146 valence electrons. The van der Waals surface area contributed by atoms with Gasteiger partial charge in [0.2, 0.25) is 0 Å². The third-order valence-electron chi connectivity index (χ3n) is 3.72. The van der Waals surface area contributed by atoms with Crippen LogP contribution < -0.4 is 0 Å². The third kappa shape index (κ3) is 4.64. The maximum atomic E-state index is 5.41. The molecule has 29 heavy (non-hydrogen) atoms. The summed E-state index contributed by atoms with van der Waals surface area (Å²) in [5.74, 6) is 3.00. The Bertz CT molecular complexity index is 1090. The van der Waals surface area contributed by atoms with Gasteiger partial charge < -0.3 is 9.05 Å². The summed E-state index contributed by atoms with van der Waals surface area (Å²) >= 11 is 8.06. The Balaban J connectivity index is 1.14. The SMILES string of the molecule is c1csc(-c2cc(CSc3nnc(SCc4cc(-c5cccs5)on4)s3)no2)c1. The molecule has 0 atom stereocenters. The first kappa shape index (κ1) is 19.1. The minimum atomic E-state index is 0.696. The van der Waals surface area contributed by atoms with E-state index in [4.69, 9.17) is 9.05 Å². The lowest BCUT2D eigenvalue weighted by atomic mass is 10.3. The van der Waals surface area contributed by atoms with Crippen molar-refractivity contribution < 1.29 is 9.05 Å². The van der Waals surface area contributed by atoms with E-state index < -0.39 is 0 Å². The molecule has 5 aromatic heterocycles. The van der Waals surface area contributed by atoms with Gasteiger partial charge in [-0.05, 0) is 22.9 Å². The van der Waals surface area contributed by atoms with Crippen molar-refractivity contribution in [3.8, 4) is 21.3 Å². The number of thioether (sulfide) groups is 2. The molecule has 0 aliphatic rings. The van der Waals surface area contributed by atoms with Crippen LogP contribution in [-0.4, -0.2) is 20.5 Å². The summed E-state index contributed by atoms with van der Waals surface area (Å²) in [6.07, 6.45) is 0. The van der Waals surface area contributed by atoms with E-state index in [1.165, 1.54) is 0 Å². The molecule has 5 rings (SSSR count). The number of aromatic nitrogens is 4. The molecule has 0 saturated heterocycles. The molecule has 0 N–H and O–H groups in total. The van der Waals surface area contributed by atoms with E-state index in [-0.39, 0.29) is 0 Å². The van der Waals surface area contributed by atoms with Crippen molar-refractivity contribution in [1.82, 2.24) is 20.5 Å². The van der Waals surface area contributed by atoms with E-state index in [1.807, 2.05) is 47.2 Å². The minimum absolute atomic E-state index is 0.696. The van der Waals surface area contributed by atoms with Crippen molar-refractivity contribution in [2.75, 3.05) is 0 Å². The first-order chi connectivity index (χ1) is 14.3. The van der Waals surface area contributed by atoms with Crippen LogP contribution in [-0.2, 0) is 11.5 Å². The van der Waals surface area contributed by atoms with Gasteiger partial charge in [0, 0.05) is 23.6 Å². The van der Waals surface area contributed by atoms with Gasteiger partial charge in [-0.15, -0.1) is 32.9 Å². The van der Waals surface area contributed by atoms with E-state index in [0.717, 1.165) is 41.3 Å². The van der Waals surface area contributed by atoms with Crippen molar-refractivity contribution in [2.45, 2.75) is 20.2 Å². The van der Waals surface area contributed by atoms with Gasteiger partial charge in [-0.3, -0.25) is 0 Å². The first-order valence-corrected chi connectivity index (χ1v) is 13.0. The van der Waals surface area contributed by atoms with Crippen LogP contribution in [0.4, 0.5) is 0 Å². The molecular formula is C18H12N4O2S5. The first-order valence-electron chi connectivity index (χ1n) is 8.41. The lowest BCUT2D eigenvalue weighted by molar-refractivity contribution is 0.427. The maximum absolute atomic E-state index is 5.41. The summed E-state index contributed by atoms with van der Waals surface area (Å²) in [4.78, 5) is 2.16. The highest BCUT2D eigenvalue weighted by Crippen LogP contribution is 2.34. The summed E-state index contributed by atoms with van der Waals surface area (Å²) in [6.45, 7) is 0. The lowest BCUT2D eigenvalue weighted by Gasteiger charge is -1.91. The predicted molar refractivity (Wildman–Crippen MR) is 119 cm³/mol. The van der Waals surface area contributed by atoms with Crippen molar-refractivity contribution in [1.29, 1.82) is 0 Å². The van der Waals surface area contributed by atoms with Crippen LogP contribution in [0.15, 0.2) is 64.9 Å². The smallest absolute Gasteiger partial charge is 0.177 e. The molecule has 5 aromatic rings. The number of rotatable bonds is 8. The molecule has 0 radical (unpaired) electrons. The van der Waals surface area contributed by atoms with Crippen LogP contribution in [0.2, 0.25) is 0 Å². The fraction of sp³-hybridized carbons (Fsp3) is 0.111. The molecule has 0 fully saturated rings.